The number of halogens is 1. The van der Waals surface area contributed by atoms with Crippen molar-refractivity contribution in [1.29, 1.82) is 0 Å². The van der Waals surface area contributed by atoms with E-state index in [-0.39, 0.29) is 37.0 Å². The first kappa shape index (κ1) is 20.0. The van der Waals surface area contributed by atoms with Crippen LogP contribution in [-0.2, 0) is 19.6 Å². The summed E-state index contributed by atoms with van der Waals surface area (Å²) >= 11 is 0. The number of benzene rings is 2. The average molecular weight is 406 g/mol. The molecule has 0 bridgehead atoms. The molecule has 1 aliphatic heterocycles. The molecule has 1 aliphatic rings. The molecule has 0 N–H and O–H groups in total. The number of rotatable bonds is 5. The normalized spacial score (nSPS) is 15.2. The van der Waals surface area contributed by atoms with Gasteiger partial charge >= 0.3 is 5.97 Å². The van der Waals surface area contributed by atoms with Gasteiger partial charge in [0.2, 0.25) is 10.0 Å². The Morgan fingerprint density at radius 2 is 1.54 bits per heavy atom. The van der Waals surface area contributed by atoms with Gasteiger partial charge in [0, 0.05) is 26.2 Å². The number of amides is 1. The van der Waals surface area contributed by atoms with E-state index in [4.69, 9.17) is 4.74 Å². The minimum atomic E-state index is -3.75. The van der Waals surface area contributed by atoms with Crippen molar-refractivity contribution in [1.82, 2.24) is 9.21 Å². The van der Waals surface area contributed by atoms with Crippen LogP contribution in [-0.4, -0.2) is 62.3 Å². The van der Waals surface area contributed by atoms with Crippen molar-refractivity contribution in [2.24, 2.45) is 0 Å². The van der Waals surface area contributed by atoms with Gasteiger partial charge in [-0.25, -0.2) is 17.6 Å². The van der Waals surface area contributed by atoms with E-state index in [1.165, 1.54) is 21.3 Å². The molecule has 0 atom stereocenters. The lowest BCUT2D eigenvalue weighted by Gasteiger charge is -2.33. The van der Waals surface area contributed by atoms with Gasteiger partial charge in [0.25, 0.3) is 5.91 Å². The third kappa shape index (κ3) is 4.55. The molecular weight excluding hydrogens is 387 g/mol. The number of hydrogen-bond donors (Lipinski definition) is 0. The largest absolute Gasteiger partial charge is 0.452 e. The van der Waals surface area contributed by atoms with Gasteiger partial charge in [-0.15, -0.1) is 0 Å². The van der Waals surface area contributed by atoms with E-state index in [9.17, 15) is 22.4 Å². The highest BCUT2D eigenvalue weighted by atomic mass is 32.2. The Balaban J connectivity index is 1.52. The molecule has 148 valence electrons. The second-order valence-electron chi connectivity index (χ2n) is 6.18. The van der Waals surface area contributed by atoms with Gasteiger partial charge < -0.3 is 9.64 Å². The number of hydrogen-bond acceptors (Lipinski definition) is 5. The highest BCUT2D eigenvalue weighted by Gasteiger charge is 2.30. The van der Waals surface area contributed by atoms with E-state index >= 15 is 0 Å². The zero-order valence-electron chi connectivity index (χ0n) is 15.0. The minimum absolute atomic E-state index is 0.00506. The first-order valence-corrected chi connectivity index (χ1v) is 10.1. The Bertz CT molecular complexity index is 940. The SMILES string of the molecule is O=C(OCC(=O)N1CCN(S(=O)(=O)c2ccc(F)cc2)CC1)c1ccccc1. The molecule has 0 radical (unpaired) electrons. The number of piperazine rings is 1. The van der Waals surface area contributed by atoms with E-state index in [2.05, 4.69) is 0 Å². The van der Waals surface area contributed by atoms with Gasteiger partial charge in [0.1, 0.15) is 5.82 Å². The molecule has 1 amide bonds. The van der Waals surface area contributed by atoms with Crippen molar-refractivity contribution in [2.45, 2.75) is 4.90 Å². The Kier molecular flexibility index (Phi) is 6.05. The summed E-state index contributed by atoms with van der Waals surface area (Å²) in [7, 11) is -3.75. The van der Waals surface area contributed by atoms with E-state index in [0.29, 0.717) is 5.56 Å². The first-order valence-electron chi connectivity index (χ1n) is 8.63. The zero-order chi connectivity index (χ0) is 20.1. The van der Waals surface area contributed by atoms with Crippen molar-refractivity contribution in [2.75, 3.05) is 32.8 Å². The third-order valence-electron chi connectivity index (χ3n) is 4.38. The monoisotopic (exact) mass is 406 g/mol. The number of ether oxygens (including phenoxy) is 1. The smallest absolute Gasteiger partial charge is 0.338 e. The third-order valence-corrected chi connectivity index (χ3v) is 6.29. The summed E-state index contributed by atoms with van der Waals surface area (Å²) in [5, 5.41) is 0. The van der Waals surface area contributed by atoms with Crippen LogP contribution in [0.1, 0.15) is 10.4 Å². The quantitative estimate of drug-likeness (QED) is 0.703. The molecule has 0 unspecified atom stereocenters. The van der Waals surface area contributed by atoms with Crippen molar-refractivity contribution in [3.8, 4) is 0 Å². The standard InChI is InChI=1S/C19H19FN2O5S/c20-16-6-8-17(9-7-16)28(25,26)22-12-10-21(11-13-22)18(23)14-27-19(24)15-4-2-1-3-5-15/h1-9H,10-14H2. The van der Waals surface area contributed by atoms with Crippen molar-refractivity contribution < 1.29 is 27.1 Å². The van der Waals surface area contributed by atoms with E-state index in [0.717, 1.165) is 12.1 Å². The van der Waals surface area contributed by atoms with Gasteiger partial charge in [0.15, 0.2) is 6.61 Å². The summed E-state index contributed by atoms with van der Waals surface area (Å²) in [5.74, 6) is -1.49. The minimum Gasteiger partial charge on any atom is -0.452 e. The predicted molar refractivity (Wildman–Crippen MR) is 98.5 cm³/mol. The van der Waals surface area contributed by atoms with Crippen molar-refractivity contribution >= 4 is 21.9 Å². The summed E-state index contributed by atoms with van der Waals surface area (Å²) < 4.78 is 44.4. The van der Waals surface area contributed by atoms with E-state index in [1.54, 1.807) is 30.3 Å². The van der Waals surface area contributed by atoms with E-state index in [1.807, 2.05) is 0 Å². The highest BCUT2D eigenvalue weighted by molar-refractivity contribution is 7.89. The second-order valence-corrected chi connectivity index (χ2v) is 8.12. The molecule has 9 heteroatoms. The molecule has 1 saturated heterocycles. The number of sulfonamides is 1. The van der Waals surface area contributed by atoms with Crippen LogP contribution in [0.25, 0.3) is 0 Å². The molecular formula is C19H19FN2O5S. The summed E-state index contributed by atoms with van der Waals surface area (Å²) in [6, 6.07) is 12.9. The summed E-state index contributed by atoms with van der Waals surface area (Å²) in [6.07, 6.45) is 0. The molecule has 3 rings (SSSR count). The predicted octanol–water partition coefficient (Wildman–Crippen LogP) is 1.52. The molecule has 0 saturated carbocycles. The number of nitrogens with zero attached hydrogens (tertiary/aromatic N) is 2. The molecule has 0 aromatic heterocycles. The Labute approximate surface area is 162 Å². The Morgan fingerprint density at radius 3 is 2.14 bits per heavy atom. The molecule has 0 aliphatic carbocycles. The molecule has 28 heavy (non-hydrogen) atoms. The average Bonchev–Trinajstić information content (AvgIpc) is 2.73. The zero-order valence-corrected chi connectivity index (χ0v) is 15.8. The van der Waals surface area contributed by atoms with Crippen LogP contribution in [0.5, 0.6) is 0 Å². The van der Waals surface area contributed by atoms with Crippen LogP contribution in [0.4, 0.5) is 4.39 Å². The van der Waals surface area contributed by atoms with Crippen LogP contribution < -0.4 is 0 Å². The first-order chi connectivity index (χ1) is 13.4. The van der Waals surface area contributed by atoms with Crippen molar-refractivity contribution in [3.63, 3.8) is 0 Å². The topological polar surface area (TPSA) is 84.0 Å². The molecule has 1 fully saturated rings. The molecule has 7 nitrogen and oxygen atoms in total. The fraction of sp³-hybridized carbons (Fsp3) is 0.263. The fourth-order valence-electron chi connectivity index (χ4n) is 2.81. The maximum Gasteiger partial charge on any atom is 0.338 e. The molecule has 0 spiro atoms. The van der Waals surface area contributed by atoms with Crippen LogP contribution in [0.3, 0.4) is 0 Å². The Morgan fingerprint density at radius 1 is 0.929 bits per heavy atom. The number of carbonyl (C=O) groups is 2. The van der Waals surface area contributed by atoms with Crippen LogP contribution in [0, 0.1) is 5.82 Å². The number of carbonyl (C=O) groups excluding carboxylic acids is 2. The molecule has 2 aromatic carbocycles. The summed E-state index contributed by atoms with van der Waals surface area (Å²) in [6.45, 7) is 0.179. The molecule has 2 aromatic rings. The maximum atomic E-state index is 13.0. The lowest BCUT2D eigenvalue weighted by atomic mass is 10.2. The van der Waals surface area contributed by atoms with Gasteiger partial charge in [0.05, 0.1) is 10.5 Å². The highest BCUT2D eigenvalue weighted by Crippen LogP contribution is 2.18. The van der Waals surface area contributed by atoms with Crippen LogP contribution >= 0.6 is 0 Å². The van der Waals surface area contributed by atoms with Crippen LogP contribution in [0.2, 0.25) is 0 Å². The molecule has 1 heterocycles. The van der Waals surface area contributed by atoms with E-state index < -0.39 is 28.4 Å². The Hall–Kier alpha value is -2.78. The summed E-state index contributed by atoms with van der Waals surface area (Å²) in [5.41, 5.74) is 0.352. The maximum absolute atomic E-state index is 13.0. The van der Waals surface area contributed by atoms with Crippen molar-refractivity contribution in [3.05, 3.63) is 66.0 Å². The lowest BCUT2D eigenvalue weighted by molar-refractivity contribution is -0.135. The van der Waals surface area contributed by atoms with Gasteiger partial charge in [-0.3, -0.25) is 4.79 Å². The summed E-state index contributed by atoms with van der Waals surface area (Å²) in [4.78, 5) is 25.6. The van der Waals surface area contributed by atoms with Gasteiger partial charge in [-0.2, -0.15) is 4.31 Å². The lowest BCUT2D eigenvalue weighted by Crippen LogP contribution is -2.51. The van der Waals surface area contributed by atoms with Gasteiger partial charge in [-0.05, 0) is 36.4 Å². The van der Waals surface area contributed by atoms with Crippen LogP contribution in [0.15, 0.2) is 59.5 Å². The second kappa shape index (κ2) is 8.49. The number of esters is 1. The fourth-order valence-corrected chi connectivity index (χ4v) is 4.23. The van der Waals surface area contributed by atoms with Gasteiger partial charge in [-0.1, -0.05) is 18.2 Å².